The van der Waals surface area contributed by atoms with Crippen LogP contribution in [0.25, 0.3) is 0 Å². The minimum Gasteiger partial charge on any atom is -0.481 e. The van der Waals surface area contributed by atoms with Crippen molar-refractivity contribution < 1.29 is 14.7 Å². The average Bonchev–Trinajstić information content (AvgIpc) is 2.60. The lowest BCUT2D eigenvalue weighted by Gasteiger charge is -2.38. The van der Waals surface area contributed by atoms with Crippen molar-refractivity contribution in [3.8, 4) is 12.3 Å². The van der Waals surface area contributed by atoms with Gasteiger partial charge in [-0.25, -0.2) is 4.79 Å². The van der Waals surface area contributed by atoms with Gasteiger partial charge in [-0.05, 0) is 38.5 Å². The predicted molar refractivity (Wildman–Crippen MR) is 70.5 cm³/mol. The van der Waals surface area contributed by atoms with Crippen LogP contribution in [0.5, 0.6) is 0 Å². The van der Waals surface area contributed by atoms with Crippen LogP contribution in [-0.4, -0.2) is 40.1 Å². The second-order valence-corrected chi connectivity index (χ2v) is 5.57. The maximum Gasteiger partial charge on any atom is 0.318 e. The summed E-state index contributed by atoms with van der Waals surface area (Å²) in [6.07, 6.45) is 9.00. The van der Waals surface area contributed by atoms with Gasteiger partial charge in [-0.1, -0.05) is 5.92 Å². The monoisotopic (exact) mass is 264 g/mol. The highest BCUT2D eigenvalue weighted by atomic mass is 16.4. The van der Waals surface area contributed by atoms with E-state index in [1.165, 1.54) is 0 Å². The third kappa shape index (κ3) is 3.01. The second-order valence-electron chi connectivity index (χ2n) is 5.57. The molecule has 3 atom stereocenters. The molecule has 3 unspecified atom stereocenters. The summed E-state index contributed by atoms with van der Waals surface area (Å²) >= 11 is 0. The summed E-state index contributed by atoms with van der Waals surface area (Å²) in [4.78, 5) is 24.8. The number of terminal acetylenes is 1. The van der Waals surface area contributed by atoms with Crippen molar-refractivity contribution >= 4 is 12.0 Å². The summed E-state index contributed by atoms with van der Waals surface area (Å²) in [6.45, 7) is 1.77. The summed E-state index contributed by atoms with van der Waals surface area (Å²) in [6, 6.07) is -0.0310. The van der Waals surface area contributed by atoms with Crippen LogP contribution in [0.1, 0.15) is 39.0 Å². The van der Waals surface area contributed by atoms with Gasteiger partial charge >= 0.3 is 12.0 Å². The minimum absolute atomic E-state index is 0.105. The lowest BCUT2D eigenvalue weighted by molar-refractivity contribution is -0.138. The van der Waals surface area contributed by atoms with Crippen LogP contribution in [0.4, 0.5) is 4.79 Å². The van der Waals surface area contributed by atoms with Gasteiger partial charge in [0.25, 0.3) is 0 Å². The number of fused-ring (bicyclic) bond motifs is 2. The first kappa shape index (κ1) is 13.7. The van der Waals surface area contributed by atoms with Gasteiger partial charge in [0.05, 0.1) is 6.04 Å². The van der Waals surface area contributed by atoms with E-state index in [2.05, 4.69) is 11.2 Å². The number of urea groups is 1. The van der Waals surface area contributed by atoms with Crippen molar-refractivity contribution in [1.29, 1.82) is 0 Å². The van der Waals surface area contributed by atoms with E-state index >= 15 is 0 Å². The van der Waals surface area contributed by atoms with Gasteiger partial charge in [-0.15, -0.1) is 6.42 Å². The fourth-order valence-electron chi connectivity index (χ4n) is 3.34. The fourth-order valence-corrected chi connectivity index (χ4v) is 3.34. The zero-order valence-electron chi connectivity index (χ0n) is 11.1. The fraction of sp³-hybridized carbons (Fsp3) is 0.714. The topological polar surface area (TPSA) is 69.6 Å². The quantitative estimate of drug-likeness (QED) is 0.758. The van der Waals surface area contributed by atoms with Crippen LogP contribution in [0.2, 0.25) is 0 Å². The van der Waals surface area contributed by atoms with E-state index in [9.17, 15) is 9.59 Å². The van der Waals surface area contributed by atoms with Crippen molar-refractivity contribution in [2.24, 2.45) is 5.92 Å². The molecule has 2 aliphatic heterocycles. The van der Waals surface area contributed by atoms with Crippen molar-refractivity contribution in [3.63, 3.8) is 0 Å². The molecule has 0 aromatic carbocycles. The number of piperidine rings is 1. The molecule has 0 aliphatic carbocycles. The number of hydrogen-bond donors (Lipinski definition) is 2. The molecule has 0 saturated carbocycles. The Kier molecular flexibility index (Phi) is 3.98. The molecule has 2 N–H and O–H groups in total. The molecule has 0 aromatic rings. The van der Waals surface area contributed by atoms with Crippen LogP contribution in [0.15, 0.2) is 0 Å². The second kappa shape index (κ2) is 5.52. The van der Waals surface area contributed by atoms with Crippen LogP contribution in [-0.2, 0) is 4.79 Å². The molecule has 0 spiro atoms. The SMILES string of the molecule is C#CC(C)NC(=O)N1C2CCC1CC(CC(=O)O)C2. The highest BCUT2D eigenvalue weighted by Gasteiger charge is 2.43. The van der Waals surface area contributed by atoms with Crippen molar-refractivity contribution in [1.82, 2.24) is 10.2 Å². The van der Waals surface area contributed by atoms with Gasteiger partial charge in [-0.3, -0.25) is 4.79 Å². The molecule has 2 heterocycles. The molecule has 2 amide bonds. The Bertz CT molecular complexity index is 401. The Hall–Kier alpha value is -1.70. The number of nitrogens with one attached hydrogen (secondary N) is 1. The first-order chi connectivity index (χ1) is 9.01. The maximum absolute atomic E-state index is 12.2. The molecule has 2 saturated heterocycles. The first-order valence-electron chi connectivity index (χ1n) is 6.78. The van der Waals surface area contributed by atoms with Crippen LogP contribution in [0.3, 0.4) is 0 Å². The number of rotatable bonds is 3. The van der Waals surface area contributed by atoms with Gasteiger partial charge in [0.15, 0.2) is 0 Å². The summed E-state index contributed by atoms with van der Waals surface area (Å²) < 4.78 is 0. The van der Waals surface area contributed by atoms with Gasteiger partial charge in [0.1, 0.15) is 0 Å². The number of aliphatic carboxylic acids is 1. The molecule has 2 fully saturated rings. The molecule has 2 aliphatic rings. The highest BCUT2D eigenvalue weighted by Crippen LogP contribution is 2.39. The van der Waals surface area contributed by atoms with E-state index in [0.29, 0.717) is 0 Å². The molecule has 0 radical (unpaired) electrons. The van der Waals surface area contributed by atoms with E-state index in [0.717, 1.165) is 25.7 Å². The van der Waals surface area contributed by atoms with E-state index in [4.69, 9.17) is 11.5 Å². The Balaban J connectivity index is 1.97. The van der Waals surface area contributed by atoms with E-state index in [1.54, 1.807) is 6.92 Å². The number of carboxylic acid groups (broad SMARTS) is 1. The van der Waals surface area contributed by atoms with Gasteiger partial charge < -0.3 is 15.3 Å². The van der Waals surface area contributed by atoms with E-state index < -0.39 is 5.97 Å². The molecule has 2 rings (SSSR count). The van der Waals surface area contributed by atoms with Crippen molar-refractivity contribution in [3.05, 3.63) is 0 Å². The molecule has 5 heteroatoms. The normalized spacial score (nSPS) is 30.5. The van der Waals surface area contributed by atoms with Gasteiger partial charge in [0, 0.05) is 18.5 Å². The summed E-state index contributed by atoms with van der Waals surface area (Å²) in [5.74, 6) is 1.93. The van der Waals surface area contributed by atoms with Gasteiger partial charge in [0.2, 0.25) is 0 Å². The molecular weight excluding hydrogens is 244 g/mol. The standard InChI is InChI=1S/C14H20N2O3/c1-3-9(2)15-14(19)16-11-4-5-12(16)7-10(6-11)8-13(17)18/h1,9-12H,4-8H2,2H3,(H,15,19)(H,17,18). The summed E-state index contributed by atoms with van der Waals surface area (Å²) in [5, 5.41) is 11.7. The molecule has 2 bridgehead atoms. The summed E-state index contributed by atoms with van der Waals surface area (Å²) in [7, 11) is 0. The number of carboxylic acids is 1. The Morgan fingerprint density at radius 2 is 2.00 bits per heavy atom. The largest absolute Gasteiger partial charge is 0.481 e. The summed E-state index contributed by atoms with van der Waals surface area (Å²) in [5.41, 5.74) is 0. The Labute approximate surface area is 113 Å². The molecule has 5 nitrogen and oxygen atoms in total. The zero-order chi connectivity index (χ0) is 14.0. The Morgan fingerprint density at radius 1 is 1.42 bits per heavy atom. The highest BCUT2D eigenvalue weighted by molar-refractivity contribution is 5.76. The van der Waals surface area contributed by atoms with Crippen molar-refractivity contribution in [2.45, 2.75) is 57.2 Å². The van der Waals surface area contributed by atoms with Crippen LogP contribution in [0, 0.1) is 18.3 Å². The van der Waals surface area contributed by atoms with Gasteiger partial charge in [-0.2, -0.15) is 0 Å². The number of carbonyl (C=O) groups excluding carboxylic acids is 1. The molecule has 104 valence electrons. The molecular formula is C14H20N2O3. The first-order valence-corrected chi connectivity index (χ1v) is 6.78. The van der Waals surface area contributed by atoms with E-state index in [1.807, 2.05) is 4.90 Å². The third-order valence-corrected chi connectivity index (χ3v) is 4.12. The molecule has 19 heavy (non-hydrogen) atoms. The van der Waals surface area contributed by atoms with E-state index in [-0.39, 0.29) is 36.5 Å². The number of nitrogens with zero attached hydrogens (tertiary/aromatic N) is 1. The van der Waals surface area contributed by atoms with Crippen LogP contribution >= 0.6 is 0 Å². The van der Waals surface area contributed by atoms with Crippen molar-refractivity contribution in [2.75, 3.05) is 0 Å². The zero-order valence-corrected chi connectivity index (χ0v) is 11.1. The maximum atomic E-state index is 12.2. The predicted octanol–water partition coefficient (Wildman–Crippen LogP) is 1.44. The van der Waals surface area contributed by atoms with Crippen LogP contribution < -0.4 is 5.32 Å². The smallest absolute Gasteiger partial charge is 0.318 e. The third-order valence-electron chi connectivity index (χ3n) is 4.12. The minimum atomic E-state index is -0.747. The Morgan fingerprint density at radius 3 is 2.47 bits per heavy atom. The number of hydrogen-bond acceptors (Lipinski definition) is 2. The lowest BCUT2D eigenvalue weighted by atomic mass is 9.88. The average molecular weight is 264 g/mol. The number of carbonyl (C=O) groups is 2. The number of amides is 2. The molecule has 0 aromatic heterocycles. The lowest BCUT2D eigenvalue weighted by Crippen LogP contribution is -2.52.